The zero-order chi connectivity index (χ0) is 17.8. The third-order valence-corrected chi connectivity index (χ3v) is 3.69. The van der Waals surface area contributed by atoms with E-state index in [2.05, 4.69) is 4.98 Å². The Kier molecular flexibility index (Phi) is 4.69. The molecule has 0 spiro atoms. The Morgan fingerprint density at radius 1 is 1.04 bits per heavy atom. The topological polar surface area (TPSA) is 91.8 Å². The summed E-state index contributed by atoms with van der Waals surface area (Å²) in [5.41, 5.74) is 2.08. The maximum absolute atomic E-state index is 12.7. The van der Waals surface area contributed by atoms with Gasteiger partial charge in [0.05, 0.1) is 7.11 Å². The van der Waals surface area contributed by atoms with Gasteiger partial charge in [0.2, 0.25) is 0 Å². The van der Waals surface area contributed by atoms with Crippen LogP contribution in [0.5, 0.6) is 0 Å². The standard InChI is InChI=1S/C18H15N3O4/c1-25-21(16-10-14-4-2-3-5-15(14)11-19-16)18(23)13-8-6-12(7-9-13)17(22)20-24/h2-11,24H,1H3,(H,20,22). The van der Waals surface area contributed by atoms with Crippen molar-refractivity contribution in [2.24, 2.45) is 0 Å². The number of amides is 2. The van der Waals surface area contributed by atoms with Crippen molar-refractivity contribution in [1.29, 1.82) is 0 Å². The summed E-state index contributed by atoms with van der Waals surface area (Å²) in [6, 6.07) is 15.2. The van der Waals surface area contributed by atoms with E-state index in [9.17, 15) is 9.59 Å². The molecule has 0 bridgehead atoms. The van der Waals surface area contributed by atoms with Gasteiger partial charge in [-0.25, -0.2) is 10.5 Å². The first-order valence-corrected chi connectivity index (χ1v) is 7.42. The van der Waals surface area contributed by atoms with Crippen LogP contribution in [-0.2, 0) is 4.84 Å². The van der Waals surface area contributed by atoms with Crippen LogP contribution in [0, 0.1) is 0 Å². The normalized spacial score (nSPS) is 10.5. The molecule has 0 aliphatic carbocycles. The second-order valence-corrected chi connectivity index (χ2v) is 5.19. The lowest BCUT2D eigenvalue weighted by Gasteiger charge is -2.19. The Labute approximate surface area is 143 Å². The SMILES string of the molecule is CON(C(=O)c1ccc(C(=O)NO)cc1)c1cc2ccccc2cn1. The maximum Gasteiger partial charge on any atom is 0.283 e. The highest BCUT2D eigenvalue weighted by Crippen LogP contribution is 2.21. The molecule has 7 nitrogen and oxygen atoms in total. The van der Waals surface area contributed by atoms with Crippen molar-refractivity contribution in [2.45, 2.75) is 0 Å². The van der Waals surface area contributed by atoms with Gasteiger partial charge in [0.25, 0.3) is 11.8 Å². The lowest BCUT2D eigenvalue weighted by atomic mass is 10.1. The second kappa shape index (κ2) is 7.08. The molecule has 0 saturated carbocycles. The number of hydrogen-bond acceptors (Lipinski definition) is 5. The number of carbonyl (C=O) groups excluding carboxylic acids is 2. The molecule has 126 valence electrons. The van der Waals surface area contributed by atoms with E-state index >= 15 is 0 Å². The molecule has 0 fully saturated rings. The quantitative estimate of drug-likeness (QED) is 0.564. The van der Waals surface area contributed by atoms with Crippen molar-refractivity contribution < 1.29 is 19.6 Å². The number of rotatable bonds is 4. The molecule has 1 heterocycles. The van der Waals surface area contributed by atoms with E-state index < -0.39 is 11.8 Å². The highest BCUT2D eigenvalue weighted by atomic mass is 16.7. The lowest BCUT2D eigenvalue weighted by Crippen LogP contribution is -2.30. The first kappa shape index (κ1) is 16.6. The van der Waals surface area contributed by atoms with Gasteiger partial charge in [-0.2, -0.15) is 5.06 Å². The van der Waals surface area contributed by atoms with Crippen LogP contribution in [0.3, 0.4) is 0 Å². The minimum atomic E-state index is -0.654. The summed E-state index contributed by atoms with van der Waals surface area (Å²) in [4.78, 5) is 33.5. The van der Waals surface area contributed by atoms with Gasteiger partial charge in [-0.05, 0) is 35.7 Å². The van der Waals surface area contributed by atoms with Crippen molar-refractivity contribution in [3.8, 4) is 0 Å². The van der Waals surface area contributed by atoms with Crippen LogP contribution in [0.1, 0.15) is 20.7 Å². The van der Waals surface area contributed by atoms with E-state index in [0.29, 0.717) is 11.4 Å². The highest BCUT2D eigenvalue weighted by molar-refractivity contribution is 6.05. The molecule has 1 aromatic heterocycles. The molecule has 7 heteroatoms. The number of hydroxylamine groups is 2. The van der Waals surface area contributed by atoms with Gasteiger partial charge in [-0.3, -0.25) is 19.6 Å². The molecular weight excluding hydrogens is 322 g/mol. The number of nitrogens with one attached hydrogen (secondary N) is 1. The Morgan fingerprint density at radius 2 is 1.68 bits per heavy atom. The highest BCUT2D eigenvalue weighted by Gasteiger charge is 2.19. The predicted octanol–water partition coefficient (Wildman–Crippen LogP) is 2.56. The molecule has 0 atom stereocenters. The Bertz CT molecular complexity index is 925. The number of fused-ring (bicyclic) bond motifs is 1. The van der Waals surface area contributed by atoms with Crippen LogP contribution in [0.15, 0.2) is 60.8 Å². The first-order valence-electron chi connectivity index (χ1n) is 7.42. The van der Waals surface area contributed by atoms with Gasteiger partial charge in [0.1, 0.15) is 0 Å². The van der Waals surface area contributed by atoms with Crippen molar-refractivity contribution in [3.63, 3.8) is 0 Å². The first-order chi connectivity index (χ1) is 12.1. The van der Waals surface area contributed by atoms with E-state index in [1.807, 2.05) is 24.3 Å². The molecule has 0 saturated heterocycles. The van der Waals surface area contributed by atoms with Gasteiger partial charge in [-0.1, -0.05) is 24.3 Å². The second-order valence-electron chi connectivity index (χ2n) is 5.19. The van der Waals surface area contributed by atoms with Crippen LogP contribution in [0.25, 0.3) is 10.8 Å². The van der Waals surface area contributed by atoms with Crippen LogP contribution >= 0.6 is 0 Å². The molecule has 0 aliphatic heterocycles. The van der Waals surface area contributed by atoms with Crippen LogP contribution in [0.2, 0.25) is 0 Å². The molecule has 3 rings (SSSR count). The number of benzene rings is 2. The smallest absolute Gasteiger partial charge is 0.283 e. The van der Waals surface area contributed by atoms with E-state index in [-0.39, 0.29) is 5.56 Å². The summed E-state index contributed by atoms with van der Waals surface area (Å²) in [5.74, 6) is -0.733. The predicted molar refractivity (Wildman–Crippen MR) is 91.3 cm³/mol. The number of carbonyl (C=O) groups is 2. The van der Waals surface area contributed by atoms with Gasteiger partial charge >= 0.3 is 0 Å². The van der Waals surface area contributed by atoms with Gasteiger partial charge in [0, 0.05) is 22.7 Å². The van der Waals surface area contributed by atoms with Crippen LogP contribution < -0.4 is 10.5 Å². The fraction of sp³-hybridized carbons (Fsp3) is 0.0556. The summed E-state index contributed by atoms with van der Waals surface area (Å²) < 4.78 is 0. The number of nitrogens with zero attached hydrogens (tertiary/aromatic N) is 2. The molecule has 0 unspecified atom stereocenters. The Morgan fingerprint density at radius 3 is 2.32 bits per heavy atom. The zero-order valence-corrected chi connectivity index (χ0v) is 13.3. The van der Waals surface area contributed by atoms with Gasteiger partial charge in [0.15, 0.2) is 5.82 Å². The van der Waals surface area contributed by atoms with E-state index in [1.54, 1.807) is 12.3 Å². The number of hydrogen-bond donors (Lipinski definition) is 2. The number of pyridine rings is 1. The van der Waals surface area contributed by atoms with E-state index in [4.69, 9.17) is 10.0 Å². The van der Waals surface area contributed by atoms with E-state index in [1.165, 1.54) is 36.9 Å². The molecule has 2 N–H and O–H groups in total. The summed E-state index contributed by atoms with van der Waals surface area (Å²) in [7, 11) is 1.38. The fourth-order valence-electron chi connectivity index (χ4n) is 2.41. The average Bonchev–Trinajstić information content (AvgIpc) is 2.68. The summed E-state index contributed by atoms with van der Waals surface area (Å²) >= 11 is 0. The van der Waals surface area contributed by atoms with Crippen LogP contribution in [0.4, 0.5) is 5.82 Å². The molecule has 2 aromatic carbocycles. The summed E-state index contributed by atoms with van der Waals surface area (Å²) in [5, 5.41) is 11.6. The molecule has 3 aromatic rings. The Balaban J connectivity index is 1.91. The number of aromatic nitrogens is 1. The zero-order valence-electron chi connectivity index (χ0n) is 13.3. The van der Waals surface area contributed by atoms with Crippen molar-refractivity contribution in [1.82, 2.24) is 10.5 Å². The molecular formula is C18H15N3O4. The number of anilines is 1. The summed E-state index contributed by atoms with van der Waals surface area (Å²) in [6.45, 7) is 0. The summed E-state index contributed by atoms with van der Waals surface area (Å²) in [6.07, 6.45) is 1.67. The minimum absolute atomic E-state index is 0.229. The third kappa shape index (κ3) is 3.32. The maximum atomic E-state index is 12.7. The molecule has 0 aliphatic rings. The average molecular weight is 337 g/mol. The lowest BCUT2D eigenvalue weighted by molar-refractivity contribution is 0.0705. The largest absolute Gasteiger partial charge is 0.288 e. The molecule has 0 radical (unpaired) electrons. The third-order valence-electron chi connectivity index (χ3n) is 3.69. The molecule has 2 amide bonds. The van der Waals surface area contributed by atoms with Gasteiger partial charge < -0.3 is 0 Å². The van der Waals surface area contributed by atoms with Crippen molar-refractivity contribution in [3.05, 3.63) is 71.9 Å². The van der Waals surface area contributed by atoms with Crippen LogP contribution in [-0.4, -0.2) is 29.1 Å². The van der Waals surface area contributed by atoms with E-state index in [0.717, 1.165) is 15.8 Å². The molecule has 25 heavy (non-hydrogen) atoms. The van der Waals surface area contributed by atoms with Crippen molar-refractivity contribution in [2.75, 3.05) is 12.2 Å². The monoisotopic (exact) mass is 337 g/mol. The minimum Gasteiger partial charge on any atom is -0.288 e. The Hall–Kier alpha value is -3.29. The fourth-order valence-corrected chi connectivity index (χ4v) is 2.41. The van der Waals surface area contributed by atoms with Gasteiger partial charge in [-0.15, -0.1) is 0 Å². The van der Waals surface area contributed by atoms with Crippen molar-refractivity contribution >= 4 is 28.4 Å².